The number of nitrogens with two attached hydrogens (primary N) is 1. The van der Waals surface area contributed by atoms with Crippen LogP contribution in [0, 0.1) is 5.92 Å². The number of anilines is 1. The number of hydrogen-bond acceptors (Lipinski definition) is 3. The van der Waals surface area contributed by atoms with Crippen molar-refractivity contribution in [2.24, 2.45) is 5.92 Å². The van der Waals surface area contributed by atoms with Crippen molar-refractivity contribution < 1.29 is 8.42 Å². The molecular formula is C14H21NO2S. The monoisotopic (exact) mass is 267 g/mol. The van der Waals surface area contributed by atoms with Crippen LogP contribution in [0.25, 0.3) is 0 Å². The van der Waals surface area contributed by atoms with E-state index < -0.39 is 9.84 Å². The molecule has 0 aromatic heterocycles. The van der Waals surface area contributed by atoms with Gasteiger partial charge in [-0.05, 0) is 43.0 Å². The Labute approximate surface area is 109 Å². The molecule has 100 valence electrons. The fourth-order valence-corrected chi connectivity index (χ4v) is 4.65. The van der Waals surface area contributed by atoms with E-state index in [2.05, 4.69) is 6.92 Å². The van der Waals surface area contributed by atoms with Crippen LogP contribution in [0.1, 0.15) is 39.0 Å². The van der Waals surface area contributed by atoms with Crippen molar-refractivity contribution in [3.8, 4) is 0 Å². The van der Waals surface area contributed by atoms with Crippen LogP contribution in [-0.2, 0) is 9.84 Å². The first-order chi connectivity index (χ1) is 8.54. The first-order valence-electron chi connectivity index (χ1n) is 6.63. The summed E-state index contributed by atoms with van der Waals surface area (Å²) in [5, 5.41) is -0.208. The van der Waals surface area contributed by atoms with E-state index in [1.165, 1.54) is 6.42 Å². The fraction of sp³-hybridized carbons (Fsp3) is 0.571. The minimum atomic E-state index is -3.18. The van der Waals surface area contributed by atoms with Gasteiger partial charge in [-0.15, -0.1) is 0 Å². The molecule has 0 spiro atoms. The number of hydrogen-bond donors (Lipinski definition) is 1. The van der Waals surface area contributed by atoms with Gasteiger partial charge in [0.15, 0.2) is 9.84 Å². The second-order valence-corrected chi connectivity index (χ2v) is 7.41. The zero-order chi connectivity index (χ0) is 13.2. The molecule has 1 aromatic rings. The topological polar surface area (TPSA) is 60.2 Å². The normalized spacial score (nSPS) is 24.9. The standard InChI is InChI=1S/C14H21NO2S/c1-2-11-4-3-5-14(10-11)18(16,17)13-8-6-12(15)7-9-13/h6-9,11,14H,2-5,10,15H2,1H3. The average molecular weight is 267 g/mol. The Hall–Kier alpha value is -1.03. The highest BCUT2D eigenvalue weighted by Gasteiger charge is 2.32. The molecule has 1 aromatic carbocycles. The molecule has 4 heteroatoms. The van der Waals surface area contributed by atoms with Gasteiger partial charge in [-0.3, -0.25) is 0 Å². The van der Waals surface area contributed by atoms with Crippen LogP contribution in [0.2, 0.25) is 0 Å². The van der Waals surface area contributed by atoms with Gasteiger partial charge in [0.25, 0.3) is 0 Å². The summed E-state index contributed by atoms with van der Waals surface area (Å²) in [5.41, 5.74) is 6.20. The van der Waals surface area contributed by atoms with Crippen LogP contribution < -0.4 is 5.73 Å². The molecule has 2 N–H and O–H groups in total. The molecule has 1 aliphatic rings. The highest BCUT2D eigenvalue weighted by atomic mass is 32.2. The predicted molar refractivity (Wildman–Crippen MR) is 74.1 cm³/mol. The molecule has 0 aliphatic heterocycles. The number of sulfone groups is 1. The lowest BCUT2D eigenvalue weighted by Crippen LogP contribution is -2.28. The van der Waals surface area contributed by atoms with Crippen molar-refractivity contribution in [3.05, 3.63) is 24.3 Å². The second-order valence-electron chi connectivity index (χ2n) is 5.18. The Kier molecular flexibility index (Phi) is 3.95. The van der Waals surface area contributed by atoms with Crippen LogP contribution in [-0.4, -0.2) is 13.7 Å². The third kappa shape index (κ3) is 2.69. The Balaban J connectivity index is 2.22. The third-order valence-electron chi connectivity index (χ3n) is 3.96. The molecule has 1 fully saturated rings. The van der Waals surface area contributed by atoms with Gasteiger partial charge in [0.1, 0.15) is 0 Å². The molecule has 0 bridgehead atoms. The van der Waals surface area contributed by atoms with Gasteiger partial charge in [0.2, 0.25) is 0 Å². The maximum absolute atomic E-state index is 12.5. The lowest BCUT2D eigenvalue weighted by Gasteiger charge is -2.28. The predicted octanol–water partition coefficient (Wildman–Crippen LogP) is 3.01. The summed E-state index contributed by atoms with van der Waals surface area (Å²) in [7, 11) is -3.18. The van der Waals surface area contributed by atoms with Gasteiger partial charge in [-0.1, -0.05) is 26.2 Å². The number of nitrogen functional groups attached to an aromatic ring is 1. The van der Waals surface area contributed by atoms with Gasteiger partial charge >= 0.3 is 0 Å². The quantitative estimate of drug-likeness (QED) is 0.856. The van der Waals surface area contributed by atoms with Gasteiger partial charge in [-0.2, -0.15) is 0 Å². The van der Waals surface area contributed by atoms with Crippen LogP contribution in [0.3, 0.4) is 0 Å². The minimum absolute atomic E-state index is 0.208. The number of benzene rings is 1. The molecule has 0 saturated heterocycles. The molecule has 1 saturated carbocycles. The van der Waals surface area contributed by atoms with E-state index in [1.54, 1.807) is 24.3 Å². The van der Waals surface area contributed by atoms with Crippen molar-refractivity contribution in [1.82, 2.24) is 0 Å². The third-order valence-corrected chi connectivity index (χ3v) is 6.19. The molecule has 0 heterocycles. The zero-order valence-corrected chi connectivity index (χ0v) is 11.6. The summed E-state index contributed by atoms with van der Waals surface area (Å²) in [5.74, 6) is 0.562. The van der Waals surface area contributed by atoms with E-state index in [4.69, 9.17) is 5.73 Å². The molecule has 1 aliphatic carbocycles. The zero-order valence-electron chi connectivity index (χ0n) is 10.8. The summed E-state index contributed by atoms with van der Waals surface area (Å²) < 4.78 is 25.0. The van der Waals surface area contributed by atoms with Gasteiger partial charge in [-0.25, -0.2) is 8.42 Å². The van der Waals surface area contributed by atoms with Gasteiger partial charge < -0.3 is 5.73 Å². The largest absolute Gasteiger partial charge is 0.399 e. The molecule has 0 amide bonds. The highest BCUT2D eigenvalue weighted by molar-refractivity contribution is 7.92. The van der Waals surface area contributed by atoms with Crippen LogP contribution in [0.15, 0.2) is 29.2 Å². The molecular weight excluding hydrogens is 246 g/mol. The maximum atomic E-state index is 12.5. The second kappa shape index (κ2) is 5.31. The lowest BCUT2D eigenvalue weighted by atomic mass is 9.87. The summed E-state index contributed by atoms with van der Waals surface area (Å²) in [6.45, 7) is 2.14. The molecule has 2 unspecified atom stereocenters. The Morgan fingerprint density at radius 2 is 1.89 bits per heavy atom. The summed E-state index contributed by atoms with van der Waals surface area (Å²) >= 11 is 0. The maximum Gasteiger partial charge on any atom is 0.181 e. The lowest BCUT2D eigenvalue weighted by molar-refractivity contribution is 0.348. The van der Waals surface area contributed by atoms with Crippen LogP contribution >= 0.6 is 0 Å². The Morgan fingerprint density at radius 1 is 1.22 bits per heavy atom. The van der Waals surface area contributed by atoms with Crippen molar-refractivity contribution in [2.75, 3.05) is 5.73 Å². The first-order valence-corrected chi connectivity index (χ1v) is 8.18. The van der Waals surface area contributed by atoms with Gasteiger partial charge in [0, 0.05) is 5.69 Å². The summed E-state index contributed by atoms with van der Waals surface area (Å²) in [4.78, 5) is 0.415. The smallest absolute Gasteiger partial charge is 0.181 e. The summed E-state index contributed by atoms with van der Waals surface area (Å²) in [6, 6.07) is 6.57. The molecule has 2 rings (SSSR count). The Morgan fingerprint density at radius 3 is 2.50 bits per heavy atom. The molecule has 3 nitrogen and oxygen atoms in total. The fourth-order valence-electron chi connectivity index (χ4n) is 2.74. The van der Waals surface area contributed by atoms with Gasteiger partial charge in [0.05, 0.1) is 10.1 Å². The number of rotatable bonds is 3. The molecule has 0 radical (unpaired) electrons. The van der Waals surface area contributed by atoms with Crippen LogP contribution in [0.4, 0.5) is 5.69 Å². The molecule has 2 atom stereocenters. The SMILES string of the molecule is CCC1CCCC(S(=O)(=O)c2ccc(N)cc2)C1. The summed E-state index contributed by atoms with van der Waals surface area (Å²) in [6.07, 6.45) is 4.88. The Bertz CT molecular complexity index is 493. The van der Waals surface area contributed by atoms with Crippen molar-refractivity contribution in [1.29, 1.82) is 0 Å². The van der Waals surface area contributed by atoms with E-state index in [9.17, 15) is 8.42 Å². The molecule has 18 heavy (non-hydrogen) atoms. The van der Waals surface area contributed by atoms with E-state index >= 15 is 0 Å². The average Bonchev–Trinajstić information content (AvgIpc) is 2.39. The van der Waals surface area contributed by atoms with Crippen molar-refractivity contribution in [3.63, 3.8) is 0 Å². The van der Waals surface area contributed by atoms with Crippen molar-refractivity contribution >= 4 is 15.5 Å². The minimum Gasteiger partial charge on any atom is -0.399 e. The first kappa shape index (κ1) is 13.4. The van der Waals surface area contributed by atoms with E-state index in [0.29, 0.717) is 16.5 Å². The van der Waals surface area contributed by atoms with E-state index in [1.807, 2.05) is 0 Å². The highest BCUT2D eigenvalue weighted by Crippen LogP contribution is 2.33. The van der Waals surface area contributed by atoms with E-state index in [0.717, 1.165) is 25.7 Å². The van der Waals surface area contributed by atoms with E-state index in [-0.39, 0.29) is 5.25 Å². The van der Waals surface area contributed by atoms with Crippen LogP contribution in [0.5, 0.6) is 0 Å². The van der Waals surface area contributed by atoms with Crippen molar-refractivity contribution in [2.45, 2.75) is 49.2 Å².